The molecule has 0 spiro atoms. The molecule has 3 aromatic carbocycles. The molecule has 0 aromatic heterocycles. The van der Waals surface area contributed by atoms with Crippen LogP contribution in [0, 0.1) is 6.92 Å². The van der Waals surface area contributed by atoms with E-state index in [1.807, 2.05) is 31.2 Å². The molecule has 1 amide bonds. The van der Waals surface area contributed by atoms with E-state index >= 15 is 0 Å². The number of hydrazone groups is 1. The van der Waals surface area contributed by atoms with Crippen LogP contribution in [0.25, 0.3) is 5.70 Å². The number of para-hydroxylation sites is 1. The molecule has 1 atom stereocenters. The van der Waals surface area contributed by atoms with E-state index < -0.39 is 6.17 Å². The molecule has 3 aromatic rings. The third-order valence-corrected chi connectivity index (χ3v) is 6.53. The number of rotatable bonds is 5. The van der Waals surface area contributed by atoms with Crippen LogP contribution in [-0.4, -0.2) is 27.8 Å². The largest absolute Gasteiger partial charge is 0.504 e. The standard InChI is InChI=1S/C26H24N4O3S/c1-3-33-22-14-18(12-13-21(22)31)24-27-20-7-5-4-6-19(20)23-25(32)28-26(29-30(23)24)34-15-17-10-8-16(2)9-11-17/h4-14,24,31H,3,15H2,1-2H3,(H,28,29,32). The van der Waals surface area contributed by atoms with E-state index in [2.05, 4.69) is 36.5 Å². The van der Waals surface area contributed by atoms with Crippen molar-refractivity contribution in [3.8, 4) is 11.5 Å². The molecule has 0 saturated heterocycles. The smallest absolute Gasteiger partial charge is 0.276 e. The normalized spacial score (nSPS) is 16.7. The molecule has 5 rings (SSSR count). The topological polar surface area (TPSA) is 86.5 Å². The zero-order valence-electron chi connectivity index (χ0n) is 18.9. The summed E-state index contributed by atoms with van der Waals surface area (Å²) >= 11 is 1.46. The Bertz CT molecular complexity index is 1400. The van der Waals surface area contributed by atoms with E-state index in [4.69, 9.17) is 14.8 Å². The molecular weight excluding hydrogens is 448 g/mol. The SMILES string of the molecule is CCOc1cc(C2N=c3ccccc3=C3C(=O)NC(SCc4ccc(C)cc4)=NN32)ccc1O. The second-order valence-corrected chi connectivity index (χ2v) is 8.97. The number of aryl methyl sites for hydroxylation is 1. The minimum Gasteiger partial charge on any atom is -0.504 e. The first kappa shape index (κ1) is 22.0. The van der Waals surface area contributed by atoms with Crippen LogP contribution in [0.4, 0.5) is 0 Å². The van der Waals surface area contributed by atoms with Crippen molar-refractivity contribution in [1.29, 1.82) is 0 Å². The molecule has 1 unspecified atom stereocenters. The van der Waals surface area contributed by atoms with Gasteiger partial charge in [-0.25, -0.2) is 5.01 Å². The Hall–Kier alpha value is -3.78. The average Bonchev–Trinajstić information content (AvgIpc) is 2.84. The number of hydrogen-bond acceptors (Lipinski definition) is 7. The number of thioether (sulfide) groups is 1. The van der Waals surface area contributed by atoms with Crippen molar-refractivity contribution in [2.75, 3.05) is 6.61 Å². The van der Waals surface area contributed by atoms with Gasteiger partial charge in [0.2, 0.25) is 0 Å². The van der Waals surface area contributed by atoms with E-state index in [-0.39, 0.29) is 11.7 Å². The molecule has 2 N–H and O–H groups in total. The maximum absolute atomic E-state index is 13.3. The summed E-state index contributed by atoms with van der Waals surface area (Å²) in [6, 6.07) is 20.9. The minimum absolute atomic E-state index is 0.0558. The van der Waals surface area contributed by atoms with E-state index in [9.17, 15) is 9.90 Å². The van der Waals surface area contributed by atoms with Crippen LogP contribution in [0.1, 0.15) is 29.8 Å². The number of carbonyl (C=O) groups is 1. The molecular formula is C26H24N4O3S. The predicted octanol–water partition coefficient (Wildman–Crippen LogP) is 3.18. The Balaban J connectivity index is 1.55. The van der Waals surface area contributed by atoms with Crippen molar-refractivity contribution in [3.05, 3.63) is 94.0 Å². The van der Waals surface area contributed by atoms with E-state index in [0.29, 0.717) is 34.3 Å². The molecule has 2 aliphatic heterocycles. The molecule has 2 heterocycles. The summed E-state index contributed by atoms with van der Waals surface area (Å²) in [5.74, 6) is 0.877. The summed E-state index contributed by atoms with van der Waals surface area (Å²) in [5, 5.41) is 21.5. The average molecular weight is 473 g/mol. The molecule has 0 fully saturated rings. The number of phenolic OH excluding ortho intramolecular Hbond substituents is 1. The summed E-state index contributed by atoms with van der Waals surface area (Å²) in [6.07, 6.45) is -0.578. The van der Waals surface area contributed by atoms with Gasteiger partial charge in [0.1, 0.15) is 5.70 Å². The highest BCUT2D eigenvalue weighted by Crippen LogP contribution is 2.35. The number of amidine groups is 1. The highest BCUT2D eigenvalue weighted by Gasteiger charge is 2.34. The summed E-state index contributed by atoms with van der Waals surface area (Å²) < 4.78 is 5.58. The predicted molar refractivity (Wildman–Crippen MR) is 133 cm³/mol. The maximum atomic E-state index is 13.3. The van der Waals surface area contributed by atoms with Gasteiger partial charge in [-0.3, -0.25) is 15.1 Å². The monoisotopic (exact) mass is 472 g/mol. The Morgan fingerprint density at radius 2 is 1.91 bits per heavy atom. The van der Waals surface area contributed by atoms with Gasteiger partial charge in [-0.05, 0) is 37.6 Å². The van der Waals surface area contributed by atoms with Gasteiger partial charge in [-0.15, -0.1) is 5.10 Å². The van der Waals surface area contributed by atoms with Gasteiger partial charge >= 0.3 is 0 Å². The second-order valence-electron chi connectivity index (χ2n) is 8.01. The Labute approximate surface area is 201 Å². The lowest BCUT2D eigenvalue weighted by Gasteiger charge is -2.34. The molecule has 8 heteroatoms. The highest BCUT2D eigenvalue weighted by atomic mass is 32.2. The quantitative estimate of drug-likeness (QED) is 0.596. The fraction of sp³-hybridized carbons (Fsp3) is 0.192. The fourth-order valence-corrected chi connectivity index (χ4v) is 4.71. The van der Waals surface area contributed by atoms with E-state index in [1.54, 1.807) is 23.2 Å². The maximum Gasteiger partial charge on any atom is 0.276 e. The molecule has 2 aliphatic rings. The zero-order chi connectivity index (χ0) is 23.7. The summed E-state index contributed by atoms with van der Waals surface area (Å²) in [5.41, 5.74) is 3.55. The zero-order valence-corrected chi connectivity index (χ0v) is 19.7. The third-order valence-electron chi connectivity index (χ3n) is 5.59. The van der Waals surface area contributed by atoms with Gasteiger partial charge in [-0.1, -0.05) is 65.9 Å². The molecule has 172 valence electrons. The molecule has 0 saturated carbocycles. The number of amides is 1. The van der Waals surface area contributed by atoms with Gasteiger partial charge in [0.05, 0.1) is 12.0 Å². The Kier molecular flexibility index (Phi) is 5.98. The van der Waals surface area contributed by atoms with Gasteiger partial charge < -0.3 is 9.84 Å². The lowest BCUT2D eigenvalue weighted by molar-refractivity contribution is -0.116. The van der Waals surface area contributed by atoms with Crippen LogP contribution in [0.5, 0.6) is 11.5 Å². The van der Waals surface area contributed by atoms with Gasteiger partial charge in [0.15, 0.2) is 22.8 Å². The van der Waals surface area contributed by atoms with Crippen LogP contribution in [0.15, 0.2) is 76.8 Å². The lowest BCUT2D eigenvalue weighted by Crippen LogP contribution is -2.50. The summed E-state index contributed by atoms with van der Waals surface area (Å²) in [6.45, 7) is 4.33. The van der Waals surface area contributed by atoms with Gasteiger partial charge in [0.25, 0.3) is 5.91 Å². The second kappa shape index (κ2) is 9.23. The van der Waals surface area contributed by atoms with Crippen molar-refractivity contribution < 1.29 is 14.6 Å². The van der Waals surface area contributed by atoms with Crippen molar-refractivity contribution in [2.45, 2.75) is 25.8 Å². The fourth-order valence-electron chi connectivity index (χ4n) is 3.91. The number of ether oxygens (including phenoxy) is 1. The lowest BCUT2D eigenvalue weighted by atomic mass is 10.1. The van der Waals surface area contributed by atoms with Crippen molar-refractivity contribution in [3.63, 3.8) is 0 Å². The first-order valence-corrected chi connectivity index (χ1v) is 12.0. The Morgan fingerprint density at radius 3 is 2.71 bits per heavy atom. The van der Waals surface area contributed by atoms with Gasteiger partial charge in [-0.2, -0.15) is 0 Å². The molecule has 0 aliphatic carbocycles. The summed E-state index contributed by atoms with van der Waals surface area (Å²) in [7, 11) is 0. The number of phenols is 1. The number of nitrogens with zero attached hydrogens (tertiary/aromatic N) is 3. The first-order valence-electron chi connectivity index (χ1n) is 11.0. The minimum atomic E-state index is -0.578. The van der Waals surface area contributed by atoms with Crippen LogP contribution in [0.3, 0.4) is 0 Å². The molecule has 0 bridgehead atoms. The molecule has 7 nitrogen and oxygen atoms in total. The molecule has 0 radical (unpaired) electrons. The number of carbonyl (C=O) groups excluding carboxylic acids is 1. The van der Waals surface area contributed by atoms with Crippen LogP contribution in [-0.2, 0) is 10.5 Å². The van der Waals surface area contributed by atoms with E-state index in [0.717, 1.165) is 16.3 Å². The molecule has 34 heavy (non-hydrogen) atoms. The van der Waals surface area contributed by atoms with Crippen molar-refractivity contribution in [1.82, 2.24) is 10.3 Å². The van der Waals surface area contributed by atoms with E-state index in [1.165, 1.54) is 17.3 Å². The van der Waals surface area contributed by atoms with Crippen LogP contribution >= 0.6 is 11.8 Å². The number of fused-ring (bicyclic) bond motifs is 2. The number of aromatic hydroxyl groups is 1. The van der Waals surface area contributed by atoms with Gasteiger partial charge in [0, 0.05) is 16.5 Å². The number of benzene rings is 3. The third kappa shape index (κ3) is 4.24. The first-order chi connectivity index (χ1) is 16.5. The highest BCUT2D eigenvalue weighted by molar-refractivity contribution is 8.13. The summed E-state index contributed by atoms with van der Waals surface area (Å²) in [4.78, 5) is 18.2. The van der Waals surface area contributed by atoms with Crippen molar-refractivity contribution in [2.24, 2.45) is 10.1 Å². The van der Waals surface area contributed by atoms with Crippen LogP contribution in [0.2, 0.25) is 0 Å². The number of hydrogen-bond donors (Lipinski definition) is 2. The van der Waals surface area contributed by atoms with Crippen LogP contribution < -0.4 is 20.6 Å². The Morgan fingerprint density at radius 1 is 1.12 bits per heavy atom. The number of nitrogens with one attached hydrogen (secondary N) is 1. The van der Waals surface area contributed by atoms with Crippen molar-refractivity contribution >= 4 is 28.5 Å².